The number of hydrogen-bond acceptors (Lipinski definition) is 2. The van der Waals surface area contributed by atoms with Gasteiger partial charge in [0.05, 0.1) is 12.8 Å². The van der Waals surface area contributed by atoms with E-state index in [-0.39, 0.29) is 5.91 Å². The van der Waals surface area contributed by atoms with Gasteiger partial charge in [0.15, 0.2) is 0 Å². The van der Waals surface area contributed by atoms with E-state index in [1.54, 1.807) is 24.1 Å². The summed E-state index contributed by atoms with van der Waals surface area (Å²) >= 11 is 0. The van der Waals surface area contributed by atoms with Crippen LogP contribution in [-0.4, -0.2) is 19.6 Å². The van der Waals surface area contributed by atoms with Crippen molar-refractivity contribution in [3.05, 3.63) is 59.4 Å². The zero-order chi connectivity index (χ0) is 14.8. The average Bonchev–Trinajstić information content (AvgIpc) is 2.53. The largest absolute Gasteiger partial charge is 0.497 e. The molecular formula is C17H16FNO2. The summed E-state index contributed by atoms with van der Waals surface area (Å²) in [5.41, 5.74) is 2.34. The van der Waals surface area contributed by atoms with Crippen molar-refractivity contribution in [2.45, 2.75) is 12.8 Å². The zero-order valence-electron chi connectivity index (χ0n) is 11.8. The van der Waals surface area contributed by atoms with E-state index < -0.39 is 5.82 Å². The Hall–Kier alpha value is -2.36. The summed E-state index contributed by atoms with van der Waals surface area (Å²) < 4.78 is 18.6. The number of carbonyl (C=O) groups excluding carboxylic acids is 1. The van der Waals surface area contributed by atoms with Crippen LogP contribution in [-0.2, 0) is 6.42 Å². The number of nitrogens with zero attached hydrogens (tertiary/aromatic N) is 1. The number of amides is 1. The van der Waals surface area contributed by atoms with Crippen LogP contribution in [0, 0.1) is 5.82 Å². The third-order valence-corrected chi connectivity index (χ3v) is 3.73. The highest BCUT2D eigenvalue weighted by atomic mass is 19.1. The number of anilines is 1. The first-order chi connectivity index (χ1) is 10.2. The summed E-state index contributed by atoms with van der Waals surface area (Å²) in [6.07, 6.45) is 1.84. The maximum absolute atomic E-state index is 13.3. The molecule has 0 spiro atoms. The van der Waals surface area contributed by atoms with Gasteiger partial charge in [0.1, 0.15) is 11.6 Å². The van der Waals surface area contributed by atoms with Crippen molar-refractivity contribution in [2.75, 3.05) is 18.6 Å². The van der Waals surface area contributed by atoms with E-state index in [1.165, 1.54) is 12.1 Å². The van der Waals surface area contributed by atoms with E-state index in [2.05, 4.69) is 0 Å². The fourth-order valence-corrected chi connectivity index (χ4v) is 2.67. The maximum atomic E-state index is 13.3. The van der Waals surface area contributed by atoms with E-state index in [0.717, 1.165) is 24.1 Å². The highest BCUT2D eigenvalue weighted by Gasteiger charge is 2.24. The van der Waals surface area contributed by atoms with Crippen LogP contribution in [0.5, 0.6) is 5.75 Å². The monoisotopic (exact) mass is 285 g/mol. The van der Waals surface area contributed by atoms with Crippen LogP contribution in [0.25, 0.3) is 0 Å². The van der Waals surface area contributed by atoms with Crippen LogP contribution in [0.4, 0.5) is 10.1 Å². The van der Waals surface area contributed by atoms with Gasteiger partial charge in [0.25, 0.3) is 5.91 Å². The smallest absolute Gasteiger partial charge is 0.258 e. The molecule has 0 bridgehead atoms. The number of halogens is 1. The molecule has 3 rings (SSSR count). The predicted molar refractivity (Wildman–Crippen MR) is 79.4 cm³/mol. The molecule has 0 saturated heterocycles. The summed E-state index contributed by atoms with van der Waals surface area (Å²) in [6, 6.07) is 11.6. The van der Waals surface area contributed by atoms with Gasteiger partial charge in [-0.15, -0.1) is 0 Å². The van der Waals surface area contributed by atoms with Gasteiger partial charge in [-0.05, 0) is 42.7 Å². The second-order valence-electron chi connectivity index (χ2n) is 5.07. The first-order valence-corrected chi connectivity index (χ1v) is 6.93. The van der Waals surface area contributed by atoms with Gasteiger partial charge in [-0.2, -0.15) is 0 Å². The molecule has 1 amide bonds. The molecule has 0 radical (unpaired) electrons. The number of rotatable bonds is 2. The second kappa shape index (κ2) is 5.56. The number of methoxy groups -OCH3 is 1. The van der Waals surface area contributed by atoms with Crippen LogP contribution in [0.2, 0.25) is 0 Å². The number of benzene rings is 2. The average molecular weight is 285 g/mol. The summed E-state index contributed by atoms with van der Waals surface area (Å²) in [7, 11) is 1.60. The van der Waals surface area contributed by atoms with Crippen LogP contribution in [0.3, 0.4) is 0 Å². The number of fused-ring (bicyclic) bond motifs is 1. The molecule has 108 valence electrons. The molecule has 0 atom stereocenters. The maximum Gasteiger partial charge on any atom is 0.258 e. The Kier molecular flexibility index (Phi) is 3.60. The Morgan fingerprint density at radius 1 is 1.24 bits per heavy atom. The fourth-order valence-electron chi connectivity index (χ4n) is 2.67. The first kappa shape index (κ1) is 13.6. The molecular weight excluding hydrogens is 269 g/mol. The molecule has 4 heteroatoms. The topological polar surface area (TPSA) is 29.5 Å². The molecule has 0 N–H and O–H groups in total. The van der Waals surface area contributed by atoms with Gasteiger partial charge in [-0.1, -0.05) is 12.1 Å². The van der Waals surface area contributed by atoms with Crippen LogP contribution < -0.4 is 9.64 Å². The van der Waals surface area contributed by atoms with Crippen molar-refractivity contribution < 1.29 is 13.9 Å². The predicted octanol–water partition coefficient (Wildman–Crippen LogP) is 3.43. The normalized spacial score (nSPS) is 13.7. The molecule has 1 aliphatic heterocycles. The summed E-state index contributed by atoms with van der Waals surface area (Å²) in [4.78, 5) is 14.3. The molecule has 3 nitrogen and oxygen atoms in total. The molecule has 0 aliphatic carbocycles. The van der Waals surface area contributed by atoms with Gasteiger partial charge >= 0.3 is 0 Å². The third kappa shape index (κ3) is 2.61. The molecule has 0 fully saturated rings. The highest BCUT2D eigenvalue weighted by molar-refractivity contribution is 6.06. The van der Waals surface area contributed by atoms with Crippen LogP contribution in [0.15, 0.2) is 42.5 Å². The fraction of sp³-hybridized carbons (Fsp3) is 0.235. The van der Waals surface area contributed by atoms with Crippen LogP contribution in [0.1, 0.15) is 22.3 Å². The van der Waals surface area contributed by atoms with E-state index >= 15 is 0 Å². The Bertz CT molecular complexity index is 684. The summed E-state index contributed by atoms with van der Waals surface area (Å²) in [6.45, 7) is 0.634. The van der Waals surface area contributed by atoms with Crippen molar-refractivity contribution in [3.8, 4) is 5.75 Å². The van der Waals surface area contributed by atoms with Gasteiger partial charge in [0.2, 0.25) is 0 Å². The van der Waals surface area contributed by atoms with Gasteiger partial charge in [-0.25, -0.2) is 4.39 Å². The lowest BCUT2D eigenvalue weighted by Gasteiger charge is -2.30. The lowest BCUT2D eigenvalue weighted by molar-refractivity contribution is 0.0984. The third-order valence-electron chi connectivity index (χ3n) is 3.73. The minimum Gasteiger partial charge on any atom is -0.497 e. The molecule has 0 unspecified atom stereocenters. The Morgan fingerprint density at radius 3 is 2.86 bits per heavy atom. The zero-order valence-corrected chi connectivity index (χ0v) is 11.8. The van der Waals surface area contributed by atoms with E-state index in [0.29, 0.717) is 17.9 Å². The molecule has 1 aliphatic rings. The minimum absolute atomic E-state index is 0.177. The van der Waals surface area contributed by atoms with Crippen molar-refractivity contribution in [1.82, 2.24) is 0 Å². The molecule has 2 aromatic rings. The highest BCUT2D eigenvalue weighted by Crippen LogP contribution is 2.32. The van der Waals surface area contributed by atoms with Gasteiger partial charge < -0.3 is 9.64 Å². The Labute approximate surface area is 123 Å². The Balaban J connectivity index is 1.99. The minimum atomic E-state index is -0.399. The summed E-state index contributed by atoms with van der Waals surface area (Å²) in [5, 5.41) is 0. The number of carbonyl (C=O) groups is 1. The lowest BCUT2D eigenvalue weighted by atomic mass is 10.0. The second-order valence-corrected chi connectivity index (χ2v) is 5.07. The van der Waals surface area contributed by atoms with Crippen LogP contribution >= 0.6 is 0 Å². The number of aryl methyl sites for hydroxylation is 1. The van der Waals surface area contributed by atoms with E-state index in [1.807, 2.05) is 18.2 Å². The lowest BCUT2D eigenvalue weighted by Crippen LogP contribution is -2.35. The van der Waals surface area contributed by atoms with Gasteiger partial charge in [0, 0.05) is 18.2 Å². The first-order valence-electron chi connectivity index (χ1n) is 6.93. The van der Waals surface area contributed by atoms with Crippen molar-refractivity contribution in [1.29, 1.82) is 0 Å². The molecule has 0 aromatic heterocycles. The SMILES string of the molecule is COc1ccc2c(c1)N(C(=O)c1cccc(F)c1)CCC2. The van der Waals surface area contributed by atoms with E-state index in [9.17, 15) is 9.18 Å². The summed E-state index contributed by atoms with van der Waals surface area (Å²) in [5.74, 6) is 0.139. The molecule has 0 saturated carbocycles. The molecule has 2 aromatic carbocycles. The van der Waals surface area contributed by atoms with Crippen molar-refractivity contribution >= 4 is 11.6 Å². The quantitative estimate of drug-likeness (QED) is 0.846. The van der Waals surface area contributed by atoms with Crippen molar-refractivity contribution in [2.24, 2.45) is 0 Å². The molecule has 1 heterocycles. The molecule has 21 heavy (non-hydrogen) atoms. The Morgan fingerprint density at radius 2 is 2.10 bits per heavy atom. The number of ether oxygens (including phenoxy) is 1. The van der Waals surface area contributed by atoms with Crippen molar-refractivity contribution in [3.63, 3.8) is 0 Å². The van der Waals surface area contributed by atoms with Gasteiger partial charge in [-0.3, -0.25) is 4.79 Å². The van der Waals surface area contributed by atoms with E-state index in [4.69, 9.17) is 4.74 Å². The number of hydrogen-bond donors (Lipinski definition) is 0. The standard InChI is InChI=1S/C17H16FNO2/c1-21-15-8-7-12-5-3-9-19(16(12)11-15)17(20)13-4-2-6-14(18)10-13/h2,4,6-8,10-11H,3,5,9H2,1H3.